The van der Waals surface area contributed by atoms with E-state index < -0.39 is 10.2 Å². The Bertz CT molecular complexity index is 411. The van der Waals surface area contributed by atoms with E-state index in [-0.39, 0.29) is 6.04 Å². The highest BCUT2D eigenvalue weighted by molar-refractivity contribution is 7.86. The first-order valence-corrected chi connectivity index (χ1v) is 9.78. The largest absolute Gasteiger partial charge is 0.317 e. The summed E-state index contributed by atoms with van der Waals surface area (Å²) in [4.78, 5) is 0. The van der Waals surface area contributed by atoms with Crippen molar-refractivity contribution in [2.75, 3.05) is 32.7 Å². The zero-order valence-electron chi connectivity index (χ0n) is 13.7. The Labute approximate surface area is 130 Å². The molecular formula is C15H31N3O2S. The highest BCUT2D eigenvalue weighted by Crippen LogP contribution is 2.24. The third-order valence-corrected chi connectivity index (χ3v) is 7.02. The lowest BCUT2D eigenvalue weighted by Gasteiger charge is -2.37. The third kappa shape index (κ3) is 4.41. The van der Waals surface area contributed by atoms with Gasteiger partial charge < -0.3 is 5.32 Å². The average Bonchev–Trinajstić information content (AvgIpc) is 2.46. The molecular weight excluding hydrogens is 286 g/mol. The number of nitrogens with zero attached hydrogens (tertiary/aromatic N) is 2. The van der Waals surface area contributed by atoms with Crippen LogP contribution in [0.15, 0.2) is 0 Å². The number of rotatable bonds is 5. The molecule has 0 aromatic rings. The van der Waals surface area contributed by atoms with Crippen molar-refractivity contribution in [2.45, 2.75) is 52.5 Å². The molecule has 0 saturated carbocycles. The Morgan fingerprint density at radius 1 is 1.14 bits per heavy atom. The van der Waals surface area contributed by atoms with Crippen LogP contribution in [-0.4, -0.2) is 55.8 Å². The van der Waals surface area contributed by atoms with E-state index in [1.165, 1.54) is 0 Å². The summed E-state index contributed by atoms with van der Waals surface area (Å²) in [5.41, 5.74) is 0. The molecule has 0 aromatic heterocycles. The molecule has 0 spiro atoms. The Balaban J connectivity index is 2.04. The Kier molecular flexibility index (Phi) is 6.05. The van der Waals surface area contributed by atoms with Gasteiger partial charge in [0.15, 0.2) is 0 Å². The van der Waals surface area contributed by atoms with Crippen LogP contribution in [0.1, 0.15) is 46.5 Å². The first kappa shape index (κ1) is 17.2. The van der Waals surface area contributed by atoms with Gasteiger partial charge in [-0.1, -0.05) is 6.92 Å². The van der Waals surface area contributed by atoms with Gasteiger partial charge in [0.2, 0.25) is 0 Å². The van der Waals surface area contributed by atoms with Crippen LogP contribution in [0.2, 0.25) is 0 Å². The van der Waals surface area contributed by atoms with E-state index in [1.54, 1.807) is 8.61 Å². The molecule has 0 unspecified atom stereocenters. The smallest absolute Gasteiger partial charge is 0.282 e. The van der Waals surface area contributed by atoms with E-state index in [9.17, 15) is 8.42 Å². The second kappa shape index (κ2) is 7.40. The topological polar surface area (TPSA) is 52.7 Å². The minimum Gasteiger partial charge on any atom is -0.317 e. The molecule has 21 heavy (non-hydrogen) atoms. The quantitative estimate of drug-likeness (QED) is 0.839. The molecule has 0 aliphatic carbocycles. The number of nitrogens with one attached hydrogen (secondary N) is 1. The zero-order chi connectivity index (χ0) is 15.5. The maximum Gasteiger partial charge on any atom is 0.282 e. The molecule has 2 saturated heterocycles. The van der Waals surface area contributed by atoms with Gasteiger partial charge in [0, 0.05) is 25.7 Å². The summed E-state index contributed by atoms with van der Waals surface area (Å²) in [5.74, 6) is 1.14. The molecule has 2 heterocycles. The Morgan fingerprint density at radius 3 is 2.24 bits per heavy atom. The fourth-order valence-electron chi connectivity index (χ4n) is 3.25. The molecule has 0 radical (unpaired) electrons. The maximum absolute atomic E-state index is 12.9. The van der Waals surface area contributed by atoms with Crippen molar-refractivity contribution in [1.82, 2.24) is 13.9 Å². The lowest BCUT2D eigenvalue weighted by atomic mass is 9.98. The summed E-state index contributed by atoms with van der Waals surface area (Å²) in [6, 6.07) is 0.0317. The molecule has 0 amide bonds. The molecule has 2 rings (SSSR count). The lowest BCUT2D eigenvalue weighted by molar-refractivity contribution is 0.223. The molecule has 2 fully saturated rings. The molecule has 124 valence electrons. The standard InChI is InChI=1S/C15H31N3O2S/c1-13(2)18(12-15-4-8-16-9-5-15)21(19,20)17-10-6-14(3)7-11-17/h13-16H,4-12H2,1-3H3. The van der Waals surface area contributed by atoms with Crippen LogP contribution in [0.3, 0.4) is 0 Å². The predicted molar refractivity (Wildman–Crippen MR) is 86.3 cm³/mol. The van der Waals surface area contributed by atoms with E-state index in [0.29, 0.717) is 31.5 Å². The van der Waals surface area contributed by atoms with Crippen LogP contribution in [0.25, 0.3) is 0 Å². The molecule has 0 bridgehead atoms. The fourth-order valence-corrected chi connectivity index (χ4v) is 5.16. The summed E-state index contributed by atoms with van der Waals surface area (Å²) in [6.45, 7) is 10.2. The molecule has 6 heteroatoms. The second-order valence-electron chi connectivity index (χ2n) is 6.95. The van der Waals surface area contributed by atoms with Crippen LogP contribution in [0.4, 0.5) is 0 Å². The highest BCUT2D eigenvalue weighted by Gasteiger charge is 2.35. The second-order valence-corrected chi connectivity index (χ2v) is 8.83. The van der Waals surface area contributed by atoms with Gasteiger partial charge in [0.1, 0.15) is 0 Å². The Morgan fingerprint density at radius 2 is 1.71 bits per heavy atom. The van der Waals surface area contributed by atoms with Gasteiger partial charge in [0.05, 0.1) is 0 Å². The van der Waals surface area contributed by atoms with Crippen LogP contribution >= 0.6 is 0 Å². The van der Waals surface area contributed by atoms with Gasteiger partial charge in [-0.25, -0.2) is 0 Å². The summed E-state index contributed by atoms with van der Waals surface area (Å²) in [7, 11) is -3.30. The van der Waals surface area contributed by atoms with Crippen molar-refractivity contribution >= 4 is 10.2 Å². The minimum atomic E-state index is -3.30. The van der Waals surface area contributed by atoms with E-state index in [0.717, 1.165) is 38.8 Å². The molecule has 0 aromatic carbocycles. The van der Waals surface area contributed by atoms with E-state index in [1.807, 2.05) is 13.8 Å². The maximum atomic E-state index is 12.9. The summed E-state index contributed by atoms with van der Waals surface area (Å²) in [6.07, 6.45) is 4.13. The summed E-state index contributed by atoms with van der Waals surface area (Å²) >= 11 is 0. The zero-order valence-corrected chi connectivity index (χ0v) is 14.5. The fraction of sp³-hybridized carbons (Fsp3) is 1.00. The first-order chi connectivity index (χ1) is 9.91. The van der Waals surface area contributed by atoms with Gasteiger partial charge >= 0.3 is 0 Å². The van der Waals surface area contributed by atoms with Gasteiger partial charge in [0.25, 0.3) is 10.2 Å². The Hall–Kier alpha value is -0.170. The highest BCUT2D eigenvalue weighted by atomic mass is 32.2. The van der Waals surface area contributed by atoms with Gasteiger partial charge in [-0.05, 0) is 64.5 Å². The number of hydrogen-bond acceptors (Lipinski definition) is 3. The van der Waals surface area contributed by atoms with Gasteiger partial charge in [-0.3, -0.25) is 0 Å². The normalized spacial score (nSPS) is 24.0. The van der Waals surface area contributed by atoms with Crippen LogP contribution in [0, 0.1) is 11.8 Å². The molecule has 2 aliphatic heterocycles. The van der Waals surface area contributed by atoms with Crippen molar-refractivity contribution in [3.8, 4) is 0 Å². The van der Waals surface area contributed by atoms with Crippen molar-refractivity contribution in [2.24, 2.45) is 11.8 Å². The third-order valence-electron chi connectivity index (χ3n) is 4.84. The first-order valence-electron chi connectivity index (χ1n) is 8.39. The van der Waals surface area contributed by atoms with E-state index in [4.69, 9.17) is 0 Å². The SMILES string of the molecule is CC1CCN(S(=O)(=O)N(CC2CCNCC2)C(C)C)CC1. The van der Waals surface area contributed by atoms with Gasteiger partial charge in [-0.2, -0.15) is 17.0 Å². The summed E-state index contributed by atoms with van der Waals surface area (Å²) in [5, 5.41) is 3.35. The van der Waals surface area contributed by atoms with Crippen LogP contribution < -0.4 is 5.32 Å². The number of hydrogen-bond donors (Lipinski definition) is 1. The molecule has 0 atom stereocenters. The van der Waals surface area contributed by atoms with Crippen LogP contribution in [-0.2, 0) is 10.2 Å². The van der Waals surface area contributed by atoms with Crippen molar-refractivity contribution < 1.29 is 8.42 Å². The molecule has 5 nitrogen and oxygen atoms in total. The minimum absolute atomic E-state index is 0.0317. The van der Waals surface area contributed by atoms with Crippen molar-refractivity contribution in [1.29, 1.82) is 0 Å². The van der Waals surface area contributed by atoms with Crippen LogP contribution in [0.5, 0.6) is 0 Å². The van der Waals surface area contributed by atoms with Crippen molar-refractivity contribution in [3.63, 3.8) is 0 Å². The average molecular weight is 317 g/mol. The molecule has 2 aliphatic rings. The number of piperidine rings is 2. The predicted octanol–water partition coefficient (Wildman–Crippen LogP) is 1.67. The van der Waals surface area contributed by atoms with E-state index >= 15 is 0 Å². The van der Waals surface area contributed by atoms with Gasteiger partial charge in [-0.15, -0.1) is 0 Å². The van der Waals surface area contributed by atoms with Crippen molar-refractivity contribution in [3.05, 3.63) is 0 Å². The van der Waals surface area contributed by atoms with E-state index in [2.05, 4.69) is 12.2 Å². The lowest BCUT2D eigenvalue weighted by Crippen LogP contribution is -2.51. The summed E-state index contributed by atoms with van der Waals surface area (Å²) < 4.78 is 29.3. The monoisotopic (exact) mass is 317 g/mol. The molecule has 1 N–H and O–H groups in total.